The van der Waals surface area contributed by atoms with E-state index < -0.39 is 0 Å². The molecule has 3 heteroatoms. The van der Waals surface area contributed by atoms with Crippen LogP contribution in [0.1, 0.15) is 33.6 Å². The Balaban J connectivity index is 2.48. The lowest BCUT2D eigenvalue weighted by Gasteiger charge is -2.32. The van der Waals surface area contributed by atoms with Gasteiger partial charge in [0, 0.05) is 12.6 Å². The number of rotatable bonds is 5. The molecule has 1 unspecified atom stereocenters. The Morgan fingerprint density at radius 2 is 2.00 bits per heavy atom. The van der Waals surface area contributed by atoms with Crippen molar-refractivity contribution in [1.82, 2.24) is 4.90 Å². The molecular formula is C10H20N2S. The van der Waals surface area contributed by atoms with Crippen molar-refractivity contribution >= 4 is 17.2 Å². The van der Waals surface area contributed by atoms with Gasteiger partial charge in [-0.1, -0.05) is 12.2 Å². The SMILES string of the molecule is CC(C)N(CC1CC1)C(C)C(N)=S. The van der Waals surface area contributed by atoms with Gasteiger partial charge in [-0.15, -0.1) is 0 Å². The van der Waals surface area contributed by atoms with E-state index in [1.165, 1.54) is 12.8 Å². The van der Waals surface area contributed by atoms with Crippen LogP contribution in [-0.4, -0.2) is 28.5 Å². The third kappa shape index (κ3) is 3.24. The van der Waals surface area contributed by atoms with Gasteiger partial charge in [0.1, 0.15) is 0 Å². The van der Waals surface area contributed by atoms with E-state index in [0.717, 1.165) is 12.5 Å². The van der Waals surface area contributed by atoms with Crippen LogP contribution in [0.3, 0.4) is 0 Å². The molecule has 0 aromatic carbocycles. The molecular weight excluding hydrogens is 180 g/mol. The first-order chi connectivity index (χ1) is 6.02. The lowest BCUT2D eigenvalue weighted by Crippen LogP contribution is -2.46. The van der Waals surface area contributed by atoms with E-state index in [9.17, 15) is 0 Å². The van der Waals surface area contributed by atoms with Gasteiger partial charge in [-0.2, -0.15) is 0 Å². The number of hydrogen-bond acceptors (Lipinski definition) is 2. The molecule has 0 heterocycles. The zero-order valence-electron chi connectivity index (χ0n) is 8.79. The number of thiocarbonyl (C=S) groups is 1. The number of nitrogens with zero attached hydrogens (tertiary/aromatic N) is 1. The predicted molar refractivity (Wildman–Crippen MR) is 60.8 cm³/mol. The smallest absolute Gasteiger partial charge is 0.0899 e. The molecule has 1 aliphatic carbocycles. The third-order valence-electron chi connectivity index (χ3n) is 2.74. The first-order valence-corrected chi connectivity index (χ1v) is 5.48. The zero-order chi connectivity index (χ0) is 10.0. The fraction of sp³-hybridized carbons (Fsp3) is 0.900. The Morgan fingerprint density at radius 3 is 2.31 bits per heavy atom. The quantitative estimate of drug-likeness (QED) is 0.686. The highest BCUT2D eigenvalue weighted by molar-refractivity contribution is 7.80. The first kappa shape index (κ1) is 10.9. The highest BCUT2D eigenvalue weighted by atomic mass is 32.1. The van der Waals surface area contributed by atoms with Crippen molar-refractivity contribution in [2.45, 2.75) is 45.7 Å². The molecule has 1 rings (SSSR count). The van der Waals surface area contributed by atoms with E-state index >= 15 is 0 Å². The summed E-state index contributed by atoms with van der Waals surface area (Å²) in [6.07, 6.45) is 2.76. The monoisotopic (exact) mass is 200 g/mol. The van der Waals surface area contributed by atoms with Crippen LogP contribution in [0.2, 0.25) is 0 Å². The molecule has 1 fully saturated rings. The standard InChI is InChI=1S/C10H20N2S/c1-7(2)12(6-9-4-5-9)8(3)10(11)13/h7-9H,4-6H2,1-3H3,(H2,11,13). The Labute approximate surface area is 86.5 Å². The van der Waals surface area contributed by atoms with Crippen LogP contribution in [0.25, 0.3) is 0 Å². The Kier molecular flexibility index (Phi) is 3.68. The van der Waals surface area contributed by atoms with Crippen molar-refractivity contribution in [2.24, 2.45) is 11.7 Å². The summed E-state index contributed by atoms with van der Waals surface area (Å²) in [6.45, 7) is 7.68. The minimum atomic E-state index is 0.246. The minimum absolute atomic E-state index is 0.246. The third-order valence-corrected chi connectivity index (χ3v) is 3.08. The summed E-state index contributed by atoms with van der Waals surface area (Å²) < 4.78 is 0. The van der Waals surface area contributed by atoms with Crippen LogP contribution in [0.5, 0.6) is 0 Å². The zero-order valence-corrected chi connectivity index (χ0v) is 9.60. The van der Waals surface area contributed by atoms with E-state index in [0.29, 0.717) is 11.0 Å². The molecule has 0 aromatic rings. The van der Waals surface area contributed by atoms with Crippen molar-refractivity contribution in [3.05, 3.63) is 0 Å². The van der Waals surface area contributed by atoms with Gasteiger partial charge in [0.2, 0.25) is 0 Å². The summed E-state index contributed by atoms with van der Waals surface area (Å²) in [7, 11) is 0. The van der Waals surface area contributed by atoms with Crippen LogP contribution < -0.4 is 5.73 Å². The molecule has 1 saturated carbocycles. The Morgan fingerprint density at radius 1 is 1.46 bits per heavy atom. The van der Waals surface area contributed by atoms with E-state index in [1.807, 2.05) is 0 Å². The Bertz CT molecular complexity index is 187. The number of nitrogens with two attached hydrogens (primary N) is 1. The molecule has 0 amide bonds. The lowest BCUT2D eigenvalue weighted by molar-refractivity contribution is 0.194. The van der Waals surface area contributed by atoms with E-state index in [4.69, 9.17) is 18.0 Å². The van der Waals surface area contributed by atoms with E-state index in [1.54, 1.807) is 0 Å². The molecule has 0 spiro atoms. The summed E-state index contributed by atoms with van der Waals surface area (Å²) >= 11 is 5.02. The van der Waals surface area contributed by atoms with Crippen LogP contribution in [0.4, 0.5) is 0 Å². The summed E-state index contributed by atoms with van der Waals surface area (Å²) in [5, 5.41) is 0. The minimum Gasteiger partial charge on any atom is -0.392 e. The summed E-state index contributed by atoms with van der Waals surface area (Å²) in [5.74, 6) is 0.902. The van der Waals surface area contributed by atoms with Gasteiger partial charge in [0.25, 0.3) is 0 Å². The second-order valence-electron chi connectivity index (χ2n) is 4.31. The molecule has 0 saturated heterocycles. The second kappa shape index (κ2) is 4.38. The first-order valence-electron chi connectivity index (χ1n) is 5.07. The highest BCUT2D eigenvalue weighted by Gasteiger charge is 2.28. The van der Waals surface area contributed by atoms with Crippen LogP contribution >= 0.6 is 12.2 Å². The predicted octanol–water partition coefficient (Wildman–Crippen LogP) is 1.78. The molecule has 76 valence electrons. The second-order valence-corrected chi connectivity index (χ2v) is 4.78. The van der Waals surface area contributed by atoms with E-state index in [2.05, 4.69) is 25.7 Å². The van der Waals surface area contributed by atoms with Gasteiger partial charge in [-0.25, -0.2) is 0 Å². The summed E-state index contributed by atoms with van der Waals surface area (Å²) in [6, 6.07) is 0.785. The summed E-state index contributed by atoms with van der Waals surface area (Å²) in [5.41, 5.74) is 5.66. The van der Waals surface area contributed by atoms with Gasteiger partial charge in [0.05, 0.1) is 11.0 Å². The maximum Gasteiger partial charge on any atom is 0.0899 e. The van der Waals surface area contributed by atoms with Crippen LogP contribution in [-0.2, 0) is 0 Å². The van der Waals surface area contributed by atoms with Crippen molar-refractivity contribution in [3.63, 3.8) is 0 Å². The van der Waals surface area contributed by atoms with E-state index in [-0.39, 0.29) is 6.04 Å². The van der Waals surface area contributed by atoms with Gasteiger partial charge in [0.15, 0.2) is 0 Å². The highest BCUT2D eigenvalue weighted by Crippen LogP contribution is 2.30. The van der Waals surface area contributed by atoms with Crippen molar-refractivity contribution in [1.29, 1.82) is 0 Å². The summed E-state index contributed by atoms with van der Waals surface area (Å²) in [4.78, 5) is 3.02. The molecule has 2 nitrogen and oxygen atoms in total. The van der Waals surface area contributed by atoms with Crippen LogP contribution in [0.15, 0.2) is 0 Å². The lowest BCUT2D eigenvalue weighted by atomic mass is 10.2. The Hall–Kier alpha value is -0.150. The van der Waals surface area contributed by atoms with Crippen molar-refractivity contribution < 1.29 is 0 Å². The molecule has 13 heavy (non-hydrogen) atoms. The molecule has 1 aliphatic rings. The van der Waals surface area contributed by atoms with Gasteiger partial charge in [-0.05, 0) is 39.5 Å². The number of hydrogen-bond donors (Lipinski definition) is 1. The maximum atomic E-state index is 5.66. The average molecular weight is 200 g/mol. The fourth-order valence-corrected chi connectivity index (χ4v) is 1.71. The molecule has 0 aliphatic heterocycles. The maximum absolute atomic E-state index is 5.66. The molecule has 0 radical (unpaired) electrons. The molecule has 1 atom stereocenters. The molecule has 2 N–H and O–H groups in total. The van der Waals surface area contributed by atoms with Gasteiger partial charge < -0.3 is 5.73 Å². The average Bonchev–Trinajstić information content (AvgIpc) is 2.81. The van der Waals surface area contributed by atoms with Crippen molar-refractivity contribution in [3.8, 4) is 0 Å². The molecule has 0 aromatic heterocycles. The van der Waals surface area contributed by atoms with Crippen LogP contribution in [0, 0.1) is 5.92 Å². The fourth-order valence-electron chi connectivity index (χ4n) is 1.58. The van der Waals surface area contributed by atoms with Gasteiger partial charge >= 0.3 is 0 Å². The topological polar surface area (TPSA) is 29.3 Å². The normalized spacial score (nSPS) is 19.5. The van der Waals surface area contributed by atoms with Crippen molar-refractivity contribution in [2.75, 3.05) is 6.54 Å². The van der Waals surface area contributed by atoms with Gasteiger partial charge in [-0.3, -0.25) is 4.90 Å². The molecule has 0 bridgehead atoms. The largest absolute Gasteiger partial charge is 0.392 e.